The molecule has 1 unspecified atom stereocenters. The largest absolute Gasteiger partial charge is 0.357 e. The highest BCUT2D eigenvalue weighted by atomic mass is 16.2. The van der Waals surface area contributed by atoms with Crippen LogP contribution in [0.3, 0.4) is 0 Å². The van der Waals surface area contributed by atoms with Gasteiger partial charge in [0.25, 0.3) is 5.91 Å². The van der Waals surface area contributed by atoms with E-state index < -0.39 is 11.6 Å². The molecule has 3 rings (SSSR count). The number of carbonyl (C=O) groups excluding carboxylic acids is 2. The SMILES string of the molecule is CCNC(=NCc1ccn(C)c1)N1CCC(C2(C)NC(=O)NC2=O)CC1. The zero-order valence-electron chi connectivity index (χ0n) is 15.7. The van der Waals surface area contributed by atoms with Crippen LogP contribution in [-0.4, -0.2) is 52.5 Å². The minimum atomic E-state index is -0.803. The van der Waals surface area contributed by atoms with Crippen LogP contribution in [0.25, 0.3) is 0 Å². The molecule has 0 aliphatic carbocycles. The number of nitrogens with one attached hydrogen (secondary N) is 3. The summed E-state index contributed by atoms with van der Waals surface area (Å²) in [7, 11) is 2.00. The Morgan fingerprint density at radius 2 is 2.12 bits per heavy atom. The van der Waals surface area contributed by atoms with E-state index in [0.717, 1.165) is 38.4 Å². The molecule has 3 amide bonds. The third-order valence-electron chi connectivity index (χ3n) is 5.32. The first-order valence-corrected chi connectivity index (χ1v) is 9.20. The summed E-state index contributed by atoms with van der Waals surface area (Å²) in [5.41, 5.74) is 0.374. The van der Waals surface area contributed by atoms with Crippen molar-refractivity contribution >= 4 is 17.9 Å². The van der Waals surface area contributed by atoms with Crippen LogP contribution in [-0.2, 0) is 18.4 Å². The molecule has 0 saturated carbocycles. The maximum absolute atomic E-state index is 12.1. The molecule has 0 aromatic carbocycles. The lowest BCUT2D eigenvalue weighted by molar-refractivity contribution is -0.125. The summed E-state index contributed by atoms with van der Waals surface area (Å²) >= 11 is 0. The molecule has 3 heterocycles. The zero-order chi connectivity index (χ0) is 18.7. The van der Waals surface area contributed by atoms with Gasteiger partial charge < -0.3 is 20.1 Å². The third-order valence-corrected chi connectivity index (χ3v) is 5.32. The molecule has 0 spiro atoms. The van der Waals surface area contributed by atoms with Gasteiger partial charge in [-0.15, -0.1) is 0 Å². The second-order valence-electron chi connectivity index (χ2n) is 7.23. The summed E-state index contributed by atoms with van der Waals surface area (Å²) < 4.78 is 2.02. The van der Waals surface area contributed by atoms with E-state index in [1.54, 1.807) is 0 Å². The average molecular weight is 360 g/mol. The van der Waals surface area contributed by atoms with Crippen LogP contribution < -0.4 is 16.0 Å². The molecule has 0 bridgehead atoms. The number of aliphatic imine (C=N–C) groups is 1. The van der Waals surface area contributed by atoms with E-state index in [-0.39, 0.29) is 11.8 Å². The highest BCUT2D eigenvalue weighted by molar-refractivity contribution is 6.07. The van der Waals surface area contributed by atoms with E-state index >= 15 is 0 Å². The Bertz CT molecular complexity index is 704. The molecule has 8 nitrogen and oxygen atoms in total. The normalized spacial score (nSPS) is 24.6. The van der Waals surface area contributed by atoms with E-state index in [0.29, 0.717) is 6.54 Å². The Balaban J connectivity index is 1.62. The van der Waals surface area contributed by atoms with Gasteiger partial charge in [0, 0.05) is 39.1 Å². The Kier molecular flexibility index (Phi) is 5.20. The summed E-state index contributed by atoms with van der Waals surface area (Å²) in [4.78, 5) is 30.6. The van der Waals surface area contributed by atoms with Crippen molar-refractivity contribution in [3.63, 3.8) is 0 Å². The van der Waals surface area contributed by atoms with Gasteiger partial charge >= 0.3 is 6.03 Å². The van der Waals surface area contributed by atoms with Gasteiger partial charge in [-0.1, -0.05) is 0 Å². The molecule has 26 heavy (non-hydrogen) atoms. The van der Waals surface area contributed by atoms with Crippen LogP contribution in [0.5, 0.6) is 0 Å². The number of aryl methyl sites for hydroxylation is 1. The summed E-state index contributed by atoms with van der Waals surface area (Å²) in [6.45, 7) is 6.95. The molecule has 8 heteroatoms. The fraction of sp³-hybridized carbons (Fsp3) is 0.611. The van der Waals surface area contributed by atoms with Gasteiger partial charge in [0.15, 0.2) is 5.96 Å². The summed E-state index contributed by atoms with van der Waals surface area (Å²) in [6, 6.07) is 1.68. The van der Waals surface area contributed by atoms with Crippen molar-refractivity contribution in [3.8, 4) is 0 Å². The molecule has 2 aliphatic rings. The van der Waals surface area contributed by atoms with Crippen LogP contribution in [0.4, 0.5) is 4.79 Å². The number of likely N-dealkylation sites (tertiary alicyclic amines) is 1. The van der Waals surface area contributed by atoms with Gasteiger partial charge in [-0.25, -0.2) is 9.79 Å². The molecule has 2 aliphatic heterocycles. The van der Waals surface area contributed by atoms with Crippen LogP contribution >= 0.6 is 0 Å². The number of aromatic nitrogens is 1. The van der Waals surface area contributed by atoms with Crippen molar-refractivity contribution in [1.82, 2.24) is 25.4 Å². The fourth-order valence-electron chi connectivity index (χ4n) is 3.76. The number of urea groups is 1. The number of carbonyl (C=O) groups is 2. The van der Waals surface area contributed by atoms with Gasteiger partial charge in [-0.05, 0) is 44.2 Å². The number of imide groups is 1. The Hall–Kier alpha value is -2.51. The first kappa shape index (κ1) is 18.3. The Morgan fingerprint density at radius 1 is 1.38 bits per heavy atom. The summed E-state index contributed by atoms with van der Waals surface area (Å²) in [5, 5.41) is 8.52. The maximum atomic E-state index is 12.1. The molecule has 1 aromatic rings. The van der Waals surface area contributed by atoms with Crippen molar-refractivity contribution in [2.75, 3.05) is 19.6 Å². The predicted octanol–water partition coefficient (Wildman–Crippen LogP) is 0.801. The molecule has 3 N–H and O–H groups in total. The Labute approximate surface area is 154 Å². The molecule has 0 radical (unpaired) electrons. The number of nitrogens with zero attached hydrogens (tertiary/aromatic N) is 3. The number of hydrogen-bond donors (Lipinski definition) is 3. The number of hydrogen-bond acceptors (Lipinski definition) is 3. The number of rotatable bonds is 4. The molecule has 2 saturated heterocycles. The quantitative estimate of drug-likeness (QED) is 0.421. The first-order valence-electron chi connectivity index (χ1n) is 9.20. The van der Waals surface area contributed by atoms with Gasteiger partial charge in [0.05, 0.1) is 6.54 Å². The minimum absolute atomic E-state index is 0.127. The van der Waals surface area contributed by atoms with Gasteiger partial charge in [0.1, 0.15) is 5.54 Å². The van der Waals surface area contributed by atoms with Crippen molar-refractivity contribution < 1.29 is 9.59 Å². The molecule has 1 atom stereocenters. The van der Waals surface area contributed by atoms with Gasteiger partial charge in [-0.2, -0.15) is 0 Å². The van der Waals surface area contributed by atoms with E-state index in [1.807, 2.05) is 24.7 Å². The standard InChI is InChI=1S/C18H28N6O2/c1-4-19-16(20-11-13-5-8-23(3)12-13)24-9-6-14(7-10-24)18(2)15(25)21-17(26)22-18/h5,8,12,14H,4,6-7,9-11H2,1-3H3,(H,19,20)(H2,21,22,25,26). The van der Waals surface area contributed by atoms with E-state index in [2.05, 4.69) is 40.0 Å². The van der Waals surface area contributed by atoms with Crippen LogP contribution in [0, 0.1) is 5.92 Å². The van der Waals surface area contributed by atoms with Crippen LogP contribution in [0.2, 0.25) is 0 Å². The fourth-order valence-corrected chi connectivity index (χ4v) is 3.76. The lowest BCUT2D eigenvalue weighted by Crippen LogP contribution is -2.55. The molecule has 142 valence electrons. The number of guanidine groups is 1. The lowest BCUT2D eigenvalue weighted by Gasteiger charge is -2.39. The van der Waals surface area contributed by atoms with E-state index in [1.165, 1.54) is 5.56 Å². The highest BCUT2D eigenvalue weighted by Crippen LogP contribution is 2.30. The summed E-state index contributed by atoms with van der Waals surface area (Å²) in [5.74, 6) is 0.813. The lowest BCUT2D eigenvalue weighted by atomic mass is 9.79. The topological polar surface area (TPSA) is 90.8 Å². The van der Waals surface area contributed by atoms with Gasteiger partial charge in [-0.3, -0.25) is 10.1 Å². The van der Waals surface area contributed by atoms with Crippen molar-refractivity contribution in [1.29, 1.82) is 0 Å². The second kappa shape index (κ2) is 7.39. The van der Waals surface area contributed by atoms with E-state index in [9.17, 15) is 9.59 Å². The summed E-state index contributed by atoms with van der Waals surface area (Å²) in [6.07, 6.45) is 5.76. The molecule has 2 fully saturated rings. The van der Waals surface area contributed by atoms with Crippen LogP contribution in [0.1, 0.15) is 32.3 Å². The Morgan fingerprint density at radius 3 is 2.65 bits per heavy atom. The minimum Gasteiger partial charge on any atom is -0.357 e. The monoisotopic (exact) mass is 360 g/mol. The van der Waals surface area contributed by atoms with Crippen molar-refractivity contribution in [3.05, 3.63) is 24.0 Å². The van der Waals surface area contributed by atoms with Crippen LogP contribution in [0.15, 0.2) is 23.5 Å². The second-order valence-corrected chi connectivity index (χ2v) is 7.23. The average Bonchev–Trinajstić information content (AvgIpc) is 3.14. The van der Waals surface area contributed by atoms with Crippen molar-refractivity contribution in [2.45, 2.75) is 38.8 Å². The number of piperidine rings is 1. The number of amides is 3. The predicted molar refractivity (Wildman–Crippen MR) is 99.6 cm³/mol. The van der Waals surface area contributed by atoms with Crippen molar-refractivity contribution in [2.24, 2.45) is 18.0 Å². The smallest absolute Gasteiger partial charge is 0.322 e. The highest BCUT2D eigenvalue weighted by Gasteiger charge is 2.48. The first-order chi connectivity index (χ1) is 12.4. The molecule has 1 aromatic heterocycles. The third kappa shape index (κ3) is 3.68. The van der Waals surface area contributed by atoms with Gasteiger partial charge in [0.2, 0.25) is 0 Å². The molecular weight excluding hydrogens is 332 g/mol. The molecular formula is C18H28N6O2. The maximum Gasteiger partial charge on any atom is 0.322 e. The zero-order valence-corrected chi connectivity index (χ0v) is 15.7. The van der Waals surface area contributed by atoms with E-state index in [4.69, 9.17) is 4.99 Å².